The Labute approximate surface area is 159 Å². The second-order valence-electron chi connectivity index (χ2n) is 7.07. The molecule has 1 aromatic heterocycles. The molecule has 5 heteroatoms. The number of hydrogen-bond acceptors (Lipinski definition) is 2. The van der Waals surface area contributed by atoms with Crippen molar-refractivity contribution in [2.75, 3.05) is 10.6 Å². The van der Waals surface area contributed by atoms with Gasteiger partial charge < -0.3 is 15.2 Å². The van der Waals surface area contributed by atoms with E-state index in [1.807, 2.05) is 42.5 Å². The van der Waals surface area contributed by atoms with Crippen LogP contribution in [0.3, 0.4) is 0 Å². The molecule has 2 amide bonds. The summed E-state index contributed by atoms with van der Waals surface area (Å²) >= 11 is 0. The smallest absolute Gasteiger partial charge is 0.313 e. The number of carbonyl (C=O) groups excluding carboxylic acids is 1. The van der Waals surface area contributed by atoms with E-state index < -0.39 is 0 Å². The molecular formula is C22H25N3O2. The lowest BCUT2D eigenvalue weighted by atomic mass is 10.1. The van der Waals surface area contributed by atoms with Gasteiger partial charge >= 0.3 is 6.03 Å². The SMILES string of the molecule is CCc1cccc(NC(=O)Nc2cn(CC(C)C)c(=O)c3ccccc23)c1. The average molecular weight is 363 g/mol. The summed E-state index contributed by atoms with van der Waals surface area (Å²) < 4.78 is 1.67. The molecule has 0 fully saturated rings. The molecule has 2 aromatic carbocycles. The summed E-state index contributed by atoms with van der Waals surface area (Å²) in [6.45, 7) is 6.78. The number of aryl methyl sites for hydroxylation is 1. The number of fused-ring (bicyclic) bond motifs is 1. The zero-order valence-corrected chi connectivity index (χ0v) is 16.0. The maximum atomic E-state index is 12.7. The van der Waals surface area contributed by atoms with Gasteiger partial charge in [-0.25, -0.2) is 4.79 Å². The fraction of sp³-hybridized carbons (Fsp3) is 0.273. The topological polar surface area (TPSA) is 63.1 Å². The minimum atomic E-state index is -0.330. The molecule has 3 aromatic rings. The van der Waals surface area contributed by atoms with E-state index >= 15 is 0 Å². The van der Waals surface area contributed by atoms with Crippen molar-refractivity contribution < 1.29 is 4.79 Å². The third kappa shape index (κ3) is 4.37. The second-order valence-corrected chi connectivity index (χ2v) is 7.07. The normalized spacial score (nSPS) is 11.0. The van der Waals surface area contributed by atoms with Gasteiger partial charge in [0.05, 0.1) is 5.69 Å². The van der Waals surface area contributed by atoms with Gasteiger partial charge in [0.1, 0.15) is 0 Å². The van der Waals surface area contributed by atoms with Gasteiger partial charge in [0.25, 0.3) is 5.56 Å². The van der Waals surface area contributed by atoms with Crippen LogP contribution in [0.5, 0.6) is 0 Å². The van der Waals surface area contributed by atoms with Crippen LogP contribution in [0, 0.1) is 5.92 Å². The minimum absolute atomic E-state index is 0.0408. The molecule has 0 radical (unpaired) electrons. The standard InChI is InChI=1S/C22H25N3O2/c1-4-16-8-7-9-17(12-16)23-22(27)24-20-14-25(13-15(2)3)21(26)19-11-6-5-10-18(19)20/h5-12,14-15H,4,13H2,1-3H3,(H2,23,24,27). The number of amides is 2. The molecule has 0 aliphatic rings. The van der Waals surface area contributed by atoms with E-state index in [-0.39, 0.29) is 11.6 Å². The van der Waals surface area contributed by atoms with Crippen LogP contribution in [0.4, 0.5) is 16.2 Å². The first-order valence-corrected chi connectivity index (χ1v) is 9.27. The zero-order valence-electron chi connectivity index (χ0n) is 16.0. The van der Waals surface area contributed by atoms with Crippen LogP contribution in [0.25, 0.3) is 10.8 Å². The predicted molar refractivity (Wildman–Crippen MR) is 112 cm³/mol. The van der Waals surface area contributed by atoms with Crippen LogP contribution < -0.4 is 16.2 Å². The molecular weight excluding hydrogens is 338 g/mol. The summed E-state index contributed by atoms with van der Waals surface area (Å²) in [4.78, 5) is 25.2. The molecule has 0 atom stereocenters. The first kappa shape index (κ1) is 18.7. The van der Waals surface area contributed by atoms with Crippen molar-refractivity contribution >= 4 is 28.2 Å². The summed E-state index contributed by atoms with van der Waals surface area (Å²) in [5, 5.41) is 7.11. The van der Waals surface area contributed by atoms with E-state index in [1.165, 1.54) is 0 Å². The molecule has 3 rings (SSSR count). The largest absolute Gasteiger partial charge is 0.323 e. The van der Waals surface area contributed by atoms with Gasteiger partial charge in [-0.05, 0) is 36.1 Å². The molecule has 1 heterocycles. The minimum Gasteiger partial charge on any atom is -0.313 e. The van der Waals surface area contributed by atoms with Gasteiger partial charge in [-0.1, -0.05) is 51.1 Å². The maximum absolute atomic E-state index is 12.7. The number of carbonyl (C=O) groups is 1. The molecule has 0 bridgehead atoms. The van der Waals surface area contributed by atoms with E-state index in [0.717, 1.165) is 23.1 Å². The molecule has 0 aliphatic heterocycles. The molecule has 27 heavy (non-hydrogen) atoms. The number of anilines is 2. The zero-order chi connectivity index (χ0) is 19.4. The van der Waals surface area contributed by atoms with Crippen LogP contribution >= 0.6 is 0 Å². The molecule has 0 unspecified atom stereocenters. The first-order chi connectivity index (χ1) is 13.0. The fourth-order valence-corrected chi connectivity index (χ4v) is 3.13. The van der Waals surface area contributed by atoms with E-state index in [1.54, 1.807) is 16.8 Å². The maximum Gasteiger partial charge on any atom is 0.323 e. The van der Waals surface area contributed by atoms with Crippen LogP contribution in [-0.2, 0) is 13.0 Å². The van der Waals surface area contributed by atoms with Gasteiger partial charge in [-0.2, -0.15) is 0 Å². The van der Waals surface area contributed by atoms with Crippen molar-refractivity contribution in [3.8, 4) is 0 Å². The van der Waals surface area contributed by atoms with E-state index in [0.29, 0.717) is 23.5 Å². The Bertz CT molecular complexity index is 1020. The number of pyridine rings is 1. The van der Waals surface area contributed by atoms with Crippen LogP contribution in [0.1, 0.15) is 26.3 Å². The second kappa shape index (κ2) is 8.08. The highest BCUT2D eigenvalue weighted by Crippen LogP contribution is 2.21. The summed E-state index contributed by atoms with van der Waals surface area (Å²) in [7, 11) is 0. The number of rotatable bonds is 5. The molecule has 2 N–H and O–H groups in total. The first-order valence-electron chi connectivity index (χ1n) is 9.27. The van der Waals surface area contributed by atoms with Gasteiger partial charge in [0.2, 0.25) is 0 Å². The molecule has 0 aliphatic carbocycles. The lowest BCUT2D eigenvalue weighted by Gasteiger charge is -2.15. The van der Waals surface area contributed by atoms with Gasteiger partial charge in [0, 0.05) is 29.2 Å². The number of nitrogens with one attached hydrogen (secondary N) is 2. The van der Waals surface area contributed by atoms with Crippen molar-refractivity contribution in [2.24, 2.45) is 5.92 Å². The van der Waals surface area contributed by atoms with Crippen LogP contribution in [0.2, 0.25) is 0 Å². The Morgan fingerprint density at radius 3 is 2.48 bits per heavy atom. The van der Waals surface area contributed by atoms with Crippen molar-refractivity contribution in [1.82, 2.24) is 4.57 Å². The molecule has 0 saturated carbocycles. The predicted octanol–water partition coefficient (Wildman–Crippen LogP) is 4.86. The number of urea groups is 1. The molecule has 5 nitrogen and oxygen atoms in total. The summed E-state index contributed by atoms with van der Waals surface area (Å²) in [5.74, 6) is 0.322. The van der Waals surface area contributed by atoms with E-state index in [9.17, 15) is 9.59 Å². The highest BCUT2D eigenvalue weighted by Gasteiger charge is 2.12. The molecule has 0 spiro atoms. The van der Waals surface area contributed by atoms with Crippen molar-refractivity contribution in [2.45, 2.75) is 33.7 Å². The highest BCUT2D eigenvalue weighted by molar-refractivity contribution is 6.05. The van der Waals surface area contributed by atoms with Crippen molar-refractivity contribution in [1.29, 1.82) is 0 Å². The number of aromatic nitrogens is 1. The molecule has 140 valence electrons. The number of benzene rings is 2. The van der Waals surface area contributed by atoms with Gasteiger partial charge in [0.15, 0.2) is 0 Å². The Morgan fingerprint density at radius 2 is 1.78 bits per heavy atom. The van der Waals surface area contributed by atoms with Crippen LogP contribution in [-0.4, -0.2) is 10.6 Å². The number of hydrogen-bond donors (Lipinski definition) is 2. The number of nitrogens with zero attached hydrogens (tertiary/aromatic N) is 1. The monoisotopic (exact) mass is 363 g/mol. The Morgan fingerprint density at radius 1 is 1.04 bits per heavy atom. The third-order valence-electron chi connectivity index (χ3n) is 4.40. The average Bonchev–Trinajstić information content (AvgIpc) is 2.65. The van der Waals surface area contributed by atoms with Crippen molar-refractivity contribution in [3.05, 3.63) is 70.6 Å². The summed E-state index contributed by atoms with van der Waals surface area (Å²) in [6.07, 6.45) is 2.63. The van der Waals surface area contributed by atoms with Gasteiger partial charge in [-0.3, -0.25) is 4.79 Å². The highest BCUT2D eigenvalue weighted by atomic mass is 16.2. The lowest BCUT2D eigenvalue weighted by molar-refractivity contribution is 0.262. The van der Waals surface area contributed by atoms with Crippen LogP contribution in [0.15, 0.2) is 59.5 Å². The molecule has 0 saturated heterocycles. The summed E-state index contributed by atoms with van der Waals surface area (Å²) in [6, 6.07) is 14.8. The van der Waals surface area contributed by atoms with Gasteiger partial charge in [-0.15, -0.1) is 0 Å². The Hall–Kier alpha value is -3.08. The lowest BCUT2D eigenvalue weighted by Crippen LogP contribution is -2.25. The summed E-state index contributed by atoms with van der Waals surface area (Å²) in [5.41, 5.74) is 2.48. The van der Waals surface area contributed by atoms with Crippen molar-refractivity contribution in [3.63, 3.8) is 0 Å². The van der Waals surface area contributed by atoms with E-state index in [2.05, 4.69) is 31.4 Å². The fourth-order valence-electron chi connectivity index (χ4n) is 3.13. The Kier molecular flexibility index (Phi) is 5.60. The third-order valence-corrected chi connectivity index (χ3v) is 4.40. The quantitative estimate of drug-likeness (QED) is 0.680. The Balaban J connectivity index is 1.92. The van der Waals surface area contributed by atoms with E-state index in [4.69, 9.17) is 0 Å².